The highest BCUT2D eigenvalue weighted by Gasteiger charge is 2.22. The first-order valence-electron chi connectivity index (χ1n) is 9.97. The van der Waals surface area contributed by atoms with E-state index < -0.39 is 33.2 Å². The van der Waals surface area contributed by atoms with Gasteiger partial charge in [-0.1, -0.05) is 17.7 Å². The molecule has 9 heteroatoms. The summed E-state index contributed by atoms with van der Waals surface area (Å²) in [6, 6.07) is 13.5. The Kier molecular flexibility index (Phi) is 7.09. The lowest BCUT2D eigenvalue weighted by molar-refractivity contribution is -0.113. The molecule has 0 aliphatic rings. The van der Waals surface area contributed by atoms with Crippen LogP contribution in [0.3, 0.4) is 0 Å². The van der Waals surface area contributed by atoms with Crippen LogP contribution in [-0.4, -0.2) is 37.6 Å². The molecule has 3 aromatic rings. The predicted octanol–water partition coefficient (Wildman–Crippen LogP) is 3.69. The normalized spacial score (nSPS) is 11.2. The molecule has 8 nitrogen and oxygen atoms in total. The van der Waals surface area contributed by atoms with Crippen molar-refractivity contribution in [3.8, 4) is 11.5 Å². The van der Waals surface area contributed by atoms with Crippen molar-refractivity contribution in [1.29, 1.82) is 0 Å². The number of aromatic nitrogens is 1. The number of aryl methyl sites for hydroxylation is 2. The zero-order chi connectivity index (χ0) is 23.3. The maximum atomic E-state index is 12.6. The summed E-state index contributed by atoms with van der Waals surface area (Å²) in [6.07, 6.45) is 0. The lowest BCUT2D eigenvalue weighted by Gasteiger charge is -2.07. The van der Waals surface area contributed by atoms with E-state index in [1.165, 1.54) is 24.3 Å². The van der Waals surface area contributed by atoms with Crippen molar-refractivity contribution < 1.29 is 27.2 Å². The van der Waals surface area contributed by atoms with E-state index in [2.05, 4.69) is 10.3 Å². The van der Waals surface area contributed by atoms with Gasteiger partial charge in [-0.15, -0.1) is 0 Å². The summed E-state index contributed by atoms with van der Waals surface area (Å²) < 4.78 is 35.6. The number of sulfone groups is 1. The number of amides is 1. The average Bonchev–Trinajstić information content (AvgIpc) is 3.08. The molecule has 0 aliphatic carbocycles. The first kappa shape index (κ1) is 23.2. The van der Waals surface area contributed by atoms with Gasteiger partial charge >= 0.3 is 5.97 Å². The van der Waals surface area contributed by atoms with E-state index in [1.807, 2.05) is 31.2 Å². The van der Waals surface area contributed by atoms with Gasteiger partial charge in [0.05, 0.1) is 23.6 Å². The molecule has 0 radical (unpaired) electrons. The van der Waals surface area contributed by atoms with Crippen LogP contribution in [0.4, 0.5) is 5.69 Å². The molecular weight excluding hydrogens is 432 g/mol. The van der Waals surface area contributed by atoms with Crippen LogP contribution in [0.2, 0.25) is 0 Å². The molecule has 1 heterocycles. The molecular formula is C23H24N2O6S. The molecule has 1 N–H and O–H groups in total. The van der Waals surface area contributed by atoms with Gasteiger partial charge in [0.15, 0.2) is 9.84 Å². The van der Waals surface area contributed by atoms with Gasteiger partial charge in [0.1, 0.15) is 11.5 Å². The molecule has 168 valence electrons. The van der Waals surface area contributed by atoms with Crippen molar-refractivity contribution in [2.75, 3.05) is 17.7 Å². The largest absolute Gasteiger partial charge is 0.462 e. The number of oxazole rings is 1. The number of rotatable bonds is 8. The van der Waals surface area contributed by atoms with E-state index in [-0.39, 0.29) is 12.3 Å². The Labute approximate surface area is 186 Å². The van der Waals surface area contributed by atoms with E-state index in [0.717, 1.165) is 11.1 Å². The van der Waals surface area contributed by atoms with E-state index in [1.54, 1.807) is 13.8 Å². The third kappa shape index (κ3) is 6.04. The highest BCUT2D eigenvalue weighted by atomic mass is 32.2. The molecule has 0 spiro atoms. The fourth-order valence-corrected chi connectivity index (χ4v) is 4.20. The number of anilines is 1. The molecule has 3 rings (SSSR count). The topological polar surface area (TPSA) is 116 Å². The molecule has 0 saturated heterocycles. The van der Waals surface area contributed by atoms with Gasteiger partial charge < -0.3 is 14.5 Å². The molecule has 0 aliphatic heterocycles. The molecule has 1 aromatic heterocycles. The second-order valence-corrected chi connectivity index (χ2v) is 9.33. The monoisotopic (exact) mass is 456 g/mol. The molecule has 0 unspecified atom stereocenters. The minimum absolute atomic E-state index is 0.257. The minimum atomic E-state index is -3.79. The number of esters is 1. The van der Waals surface area contributed by atoms with E-state index >= 15 is 0 Å². The number of hydrogen-bond acceptors (Lipinski definition) is 7. The number of hydrogen-bond donors (Lipinski definition) is 1. The second kappa shape index (κ2) is 9.78. The van der Waals surface area contributed by atoms with Crippen LogP contribution in [0.1, 0.15) is 34.3 Å². The summed E-state index contributed by atoms with van der Waals surface area (Å²) >= 11 is 0. The molecule has 1 amide bonds. The Hall–Kier alpha value is -3.46. The Balaban J connectivity index is 1.63. The van der Waals surface area contributed by atoms with Crippen molar-refractivity contribution in [1.82, 2.24) is 4.98 Å². The van der Waals surface area contributed by atoms with Crippen molar-refractivity contribution in [2.45, 2.75) is 26.5 Å². The van der Waals surface area contributed by atoms with Crippen LogP contribution < -0.4 is 5.32 Å². The number of benzene rings is 2. The molecule has 0 fully saturated rings. The van der Waals surface area contributed by atoms with Crippen molar-refractivity contribution in [3.63, 3.8) is 0 Å². The van der Waals surface area contributed by atoms with E-state index in [9.17, 15) is 18.0 Å². The van der Waals surface area contributed by atoms with Gasteiger partial charge in [0.25, 0.3) is 0 Å². The Morgan fingerprint density at radius 2 is 1.69 bits per heavy atom. The summed E-state index contributed by atoms with van der Waals surface area (Å²) in [5.74, 6) is -1.56. The first-order chi connectivity index (χ1) is 15.2. The van der Waals surface area contributed by atoms with Gasteiger partial charge in [-0.2, -0.15) is 0 Å². The Morgan fingerprint density at radius 3 is 2.31 bits per heavy atom. The molecule has 0 bridgehead atoms. The van der Waals surface area contributed by atoms with Crippen LogP contribution in [0.25, 0.3) is 11.5 Å². The Morgan fingerprint density at radius 1 is 1.03 bits per heavy atom. The SMILES string of the molecule is CCOC(=O)c1ccc(NC(=O)CS(=O)(=O)Cc2nc(-c3ccc(C)cc3)oc2C)cc1. The number of carbonyl (C=O) groups is 2. The van der Waals surface area contributed by atoms with Crippen molar-refractivity contribution >= 4 is 27.4 Å². The number of nitrogens with one attached hydrogen (secondary N) is 1. The maximum absolute atomic E-state index is 12.6. The van der Waals surface area contributed by atoms with Crippen LogP contribution in [0, 0.1) is 13.8 Å². The second-order valence-electron chi connectivity index (χ2n) is 7.27. The highest BCUT2D eigenvalue weighted by Crippen LogP contribution is 2.23. The molecule has 0 atom stereocenters. The lowest BCUT2D eigenvalue weighted by atomic mass is 10.1. The first-order valence-corrected chi connectivity index (χ1v) is 11.8. The maximum Gasteiger partial charge on any atom is 0.338 e. The van der Waals surface area contributed by atoms with Gasteiger partial charge in [-0.05, 0) is 57.2 Å². The zero-order valence-electron chi connectivity index (χ0n) is 18.0. The lowest BCUT2D eigenvalue weighted by Crippen LogP contribution is -2.24. The summed E-state index contributed by atoms with van der Waals surface area (Å²) in [5.41, 5.74) is 2.81. The average molecular weight is 457 g/mol. The third-order valence-electron chi connectivity index (χ3n) is 4.58. The number of ether oxygens (including phenoxy) is 1. The fourth-order valence-electron chi connectivity index (χ4n) is 2.94. The summed E-state index contributed by atoms with van der Waals surface area (Å²) in [7, 11) is -3.79. The quantitative estimate of drug-likeness (QED) is 0.514. The standard InChI is InChI=1S/C23H24N2O6S/c1-4-30-23(27)18-9-11-19(12-10-18)24-21(26)14-32(28,29)13-20-16(3)31-22(25-20)17-7-5-15(2)6-8-17/h5-12H,4,13-14H2,1-3H3,(H,24,26). The van der Waals surface area contributed by atoms with Crippen LogP contribution in [0.5, 0.6) is 0 Å². The van der Waals surface area contributed by atoms with E-state index in [0.29, 0.717) is 22.9 Å². The molecule has 32 heavy (non-hydrogen) atoms. The summed E-state index contributed by atoms with van der Waals surface area (Å²) in [6.45, 7) is 5.56. The van der Waals surface area contributed by atoms with Crippen molar-refractivity contribution in [2.24, 2.45) is 0 Å². The van der Waals surface area contributed by atoms with Crippen LogP contribution in [-0.2, 0) is 25.1 Å². The summed E-state index contributed by atoms with van der Waals surface area (Å²) in [4.78, 5) is 28.2. The van der Waals surface area contributed by atoms with Gasteiger partial charge in [-0.25, -0.2) is 18.2 Å². The van der Waals surface area contributed by atoms with E-state index in [4.69, 9.17) is 9.15 Å². The summed E-state index contributed by atoms with van der Waals surface area (Å²) in [5, 5.41) is 2.52. The highest BCUT2D eigenvalue weighted by molar-refractivity contribution is 7.91. The van der Waals surface area contributed by atoms with Gasteiger partial charge in [0, 0.05) is 11.3 Å². The Bertz CT molecular complexity index is 1210. The smallest absolute Gasteiger partial charge is 0.338 e. The molecule has 2 aromatic carbocycles. The predicted molar refractivity (Wildman–Crippen MR) is 120 cm³/mol. The number of carbonyl (C=O) groups excluding carboxylic acids is 2. The van der Waals surface area contributed by atoms with Gasteiger partial charge in [-0.3, -0.25) is 4.79 Å². The number of nitrogens with zero attached hydrogens (tertiary/aromatic N) is 1. The third-order valence-corrected chi connectivity index (χ3v) is 5.99. The minimum Gasteiger partial charge on any atom is -0.462 e. The zero-order valence-corrected chi connectivity index (χ0v) is 18.9. The van der Waals surface area contributed by atoms with Crippen LogP contribution in [0.15, 0.2) is 52.9 Å². The van der Waals surface area contributed by atoms with Crippen LogP contribution >= 0.6 is 0 Å². The van der Waals surface area contributed by atoms with Crippen molar-refractivity contribution in [3.05, 3.63) is 71.1 Å². The fraction of sp³-hybridized carbons (Fsp3) is 0.261. The van der Waals surface area contributed by atoms with Gasteiger partial charge in [0.2, 0.25) is 11.8 Å². The molecule has 0 saturated carbocycles.